The molecule has 1 atom stereocenters. The number of H-pyrrole nitrogens is 1. The van der Waals surface area contributed by atoms with Gasteiger partial charge in [-0.3, -0.25) is 5.10 Å². The number of benzene rings is 1. The first-order valence-corrected chi connectivity index (χ1v) is 5.96. The molecular weight excluding hydrogens is 212 g/mol. The maximum atomic E-state index is 5.59. The largest absolute Gasteiger partial charge is 0.330 e. The van der Waals surface area contributed by atoms with E-state index < -0.39 is 0 Å². The van der Waals surface area contributed by atoms with E-state index >= 15 is 0 Å². The van der Waals surface area contributed by atoms with Gasteiger partial charge in [0, 0.05) is 12.0 Å². The van der Waals surface area contributed by atoms with Gasteiger partial charge >= 0.3 is 0 Å². The predicted octanol–water partition coefficient (Wildman–Crippen LogP) is 2.00. The van der Waals surface area contributed by atoms with Crippen molar-refractivity contribution in [2.24, 2.45) is 11.7 Å². The van der Waals surface area contributed by atoms with E-state index in [-0.39, 0.29) is 0 Å². The van der Waals surface area contributed by atoms with Crippen LogP contribution in [0.5, 0.6) is 0 Å². The Bertz CT molecular complexity index is 449. The molecule has 0 aliphatic carbocycles. The van der Waals surface area contributed by atoms with Gasteiger partial charge in [-0.1, -0.05) is 37.3 Å². The Labute approximate surface area is 101 Å². The average Bonchev–Trinajstić information content (AvgIpc) is 2.86. The molecule has 1 aromatic heterocycles. The van der Waals surface area contributed by atoms with Crippen molar-refractivity contribution in [2.75, 3.05) is 6.54 Å². The Kier molecular flexibility index (Phi) is 3.88. The standard InChI is InChI=1S/C13H18N4/c1-10(9-14)7-8-12-15-13(17-16-12)11-5-3-2-4-6-11/h2-6,10H,7-9,14H2,1H3,(H,15,16,17). The van der Waals surface area contributed by atoms with Crippen molar-refractivity contribution in [3.05, 3.63) is 36.2 Å². The van der Waals surface area contributed by atoms with Gasteiger partial charge in [-0.25, -0.2) is 4.98 Å². The van der Waals surface area contributed by atoms with Crippen LogP contribution < -0.4 is 5.73 Å². The van der Waals surface area contributed by atoms with Crippen molar-refractivity contribution in [3.63, 3.8) is 0 Å². The lowest BCUT2D eigenvalue weighted by molar-refractivity contribution is 0.536. The lowest BCUT2D eigenvalue weighted by Gasteiger charge is -2.04. The SMILES string of the molecule is CC(CN)CCc1nc(-c2ccccc2)n[nH]1. The predicted molar refractivity (Wildman–Crippen MR) is 68.4 cm³/mol. The molecule has 2 rings (SSSR count). The van der Waals surface area contributed by atoms with E-state index in [9.17, 15) is 0 Å². The fourth-order valence-corrected chi connectivity index (χ4v) is 1.62. The molecule has 90 valence electrons. The summed E-state index contributed by atoms with van der Waals surface area (Å²) < 4.78 is 0. The number of nitrogens with one attached hydrogen (secondary N) is 1. The summed E-state index contributed by atoms with van der Waals surface area (Å²) in [5.74, 6) is 2.23. The van der Waals surface area contributed by atoms with Crippen LogP contribution in [-0.4, -0.2) is 21.7 Å². The number of aromatic amines is 1. The average molecular weight is 230 g/mol. The molecule has 4 heteroatoms. The summed E-state index contributed by atoms with van der Waals surface area (Å²) in [7, 11) is 0. The highest BCUT2D eigenvalue weighted by molar-refractivity contribution is 5.53. The van der Waals surface area contributed by atoms with Gasteiger partial charge in [0.15, 0.2) is 5.82 Å². The maximum absolute atomic E-state index is 5.59. The molecule has 0 saturated carbocycles. The lowest BCUT2D eigenvalue weighted by Crippen LogP contribution is -2.11. The molecule has 0 bridgehead atoms. The second-order valence-electron chi connectivity index (χ2n) is 4.35. The third-order valence-corrected chi connectivity index (χ3v) is 2.84. The van der Waals surface area contributed by atoms with Crippen LogP contribution in [0.25, 0.3) is 11.4 Å². The molecule has 1 unspecified atom stereocenters. The fraction of sp³-hybridized carbons (Fsp3) is 0.385. The smallest absolute Gasteiger partial charge is 0.181 e. The summed E-state index contributed by atoms with van der Waals surface area (Å²) in [6, 6.07) is 9.98. The summed E-state index contributed by atoms with van der Waals surface area (Å²) in [6.45, 7) is 2.87. The van der Waals surface area contributed by atoms with Crippen LogP contribution in [-0.2, 0) is 6.42 Å². The van der Waals surface area contributed by atoms with Crippen LogP contribution in [0.3, 0.4) is 0 Å². The summed E-state index contributed by atoms with van der Waals surface area (Å²) >= 11 is 0. The topological polar surface area (TPSA) is 67.6 Å². The second-order valence-corrected chi connectivity index (χ2v) is 4.35. The highest BCUT2D eigenvalue weighted by Gasteiger charge is 2.06. The number of rotatable bonds is 5. The van der Waals surface area contributed by atoms with E-state index in [0.29, 0.717) is 5.92 Å². The monoisotopic (exact) mass is 230 g/mol. The number of hydrogen-bond acceptors (Lipinski definition) is 3. The molecule has 0 aliphatic heterocycles. The first-order valence-electron chi connectivity index (χ1n) is 5.96. The number of aryl methyl sites for hydroxylation is 1. The van der Waals surface area contributed by atoms with Gasteiger partial charge in [0.1, 0.15) is 5.82 Å². The molecule has 0 fully saturated rings. The molecule has 1 heterocycles. The van der Waals surface area contributed by atoms with E-state index in [2.05, 4.69) is 22.1 Å². The van der Waals surface area contributed by atoms with Gasteiger partial charge in [-0.05, 0) is 18.9 Å². The molecule has 0 aliphatic rings. The minimum Gasteiger partial charge on any atom is -0.330 e. The maximum Gasteiger partial charge on any atom is 0.181 e. The Morgan fingerprint density at radius 1 is 1.29 bits per heavy atom. The number of hydrogen-bond donors (Lipinski definition) is 2. The van der Waals surface area contributed by atoms with Gasteiger partial charge in [0.25, 0.3) is 0 Å². The second kappa shape index (κ2) is 5.59. The van der Waals surface area contributed by atoms with E-state index in [1.54, 1.807) is 0 Å². The van der Waals surface area contributed by atoms with Crippen molar-refractivity contribution < 1.29 is 0 Å². The molecule has 2 aromatic rings. The quantitative estimate of drug-likeness (QED) is 0.825. The van der Waals surface area contributed by atoms with Crippen molar-refractivity contribution in [3.8, 4) is 11.4 Å². The summed E-state index contributed by atoms with van der Waals surface area (Å²) in [5.41, 5.74) is 6.63. The molecule has 0 radical (unpaired) electrons. The van der Waals surface area contributed by atoms with Crippen LogP contribution in [0, 0.1) is 5.92 Å². The number of aromatic nitrogens is 3. The van der Waals surface area contributed by atoms with Crippen LogP contribution >= 0.6 is 0 Å². The third-order valence-electron chi connectivity index (χ3n) is 2.84. The first-order chi connectivity index (χ1) is 8.29. The van der Waals surface area contributed by atoms with Gasteiger partial charge in [-0.15, -0.1) is 0 Å². The van der Waals surface area contributed by atoms with Crippen LogP contribution in [0.2, 0.25) is 0 Å². The minimum absolute atomic E-state index is 0.528. The normalized spacial score (nSPS) is 12.6. The zero-order valence-corrected chi connectivity index (χ0v) is 10.1. The van der Waals surface area contributed by atoms with E-state index in [4.69, 9.17) is 5.73 Å². The molecule has 17 heavy (non-hydrogen) atoms. The van der Waals surface area contributed by atoms with Gasteiger partial charge in [-0.2, -0.15) is 5.10 Å². The van der Waals surface area contributed by atoms with Gasteiger partial charge in [0.05, 0.1) is 0 Å². The third kappa shape index (κ3) is 3.14. The van der Waals surface area contributed by atoms with Gasteiger partial charge < -0.3 is 5.73 Å². The Morgan fingerprint density at radius 3 is 2.76 bits per heavy atom. The highest BCUT2D eigenvalue weighted by Crippen LogP contribution is 2.14. The van der Waals surface area contributed by atoms with Gasteiger partial charge in [0.2, 0.25) is 0 Å². The molecule has 1 aromatic carbocycles. The fourth-order valence-electron chi connectivity index (χ4n) is 1.62. The molecule has 3 N–H and O–H groups in total. The summed E-state index contributed by atoms with van der Waals surface area (Å²) in [4.78, 5) is 4.48. The Balaban J connectivity index is 2.01. The Hall–Kier alpha value is -1.68. The van der Waals surface area contributed by atoms with E-state index in [1.807, 2.05) is 30.3 Å². The van der Waals surface area contributed by atoms with Crippen molar-refractivity contribution in [1.82, 2.24) is 15.2 Å². The van der Waals surface area contributed by atoms with Crippen LogP contribution in [0.1, 0.15) is 19.2 Å². The lowest BCUT2D eigenvalue weighted by atomic mass is 10.1. The molecule has 0 amide bonds. The van der Waals surface area contributed by atoms with E-state index in [1.165, 1.54) is 0 Å². The summed E-state index contributed by atoms with van der Waals surface area (Å²) in [6.07, 6.45) is 1.94. The molecule has 4 nitrogen and oxygen atoms in total. The first kappa shape index (κ1) is 11.8. The van der Waals surface area contributed by atoms with Crippen molar-refractivity contribution in [2.45, 2.75) is 19.8 Å². The van der Waals surface area contributed by atoms with E-state index in [0.717, 1.165) is 36.6 Å². The van der Waals surface area contributed by atoms with Crippen LogP contribution in [0.4, 0.5) is 0 Å². The number of nitrogens with zero attached hydrogens (tertiary/aromatic N) is 2. The van der Waals surface area contributed by atoms with Crippen LogP contribution in [0.15, 0.2) is 30.3 Å². The summed E-state index contributed by atoms with van der Waals surface area (Å²) in [5, 5.41) is 7.20. The molecular formula is C13H18N4. The minimum atomic E-state index is 0.528. The zero-order valence-electron chi connectivity index (χ0n) is 10.1. The highest BCUT2D eigenvalue weighted by atomic mass is 15.2. The van der Waals surface area contributed by atoms with Crippen molar-refractivity contribution >= 4 is 0 Å². The molecule has 0 saturated heterocycles. The zero-order chi connectivity index (χ0) is 12.1. The van der Waals surface area contributed by atoms with Crippen molar-refractivity contribution in [1.29, 1.82) is 0 Å². The Morgan fingerprint density at radius 2 is 2.06 bits per heavy atom. The number of nitrogens with two attached hydrogens (primary N) is 1. The molecule has 0 spiro atoms.